The molecular formula is C15H25NO2. The molecule has 1 rings (SSSR count). The molecule has 0 heterocycles. The van der Waals surface area contributed by atoms with Crippen LogP contribution in [0.1, 0.15) is 31.7 Å². The number of ether oxygens (including phenoxy) is 2. The average molecular weight is 251 g/mol. The molecule has 18 heavy (non-hydrogen) atoms. The van der Waals surface area contributed by atoms with Crippen molar-refractivity contribution in [2.24, 2.45) is 0 Å². The molecule has 1 aromatic rings. The van der Waals surface area contributed by atoms with Gasteiger partial charge in [-0.15, -0.1) is 0 Å². The monoisotopic (exact) mass is 251 g/mol. The lowest BCUT2D eigenvalue weighted by atomic mass is 10.1. The first kappa shape index (κ1) is 15.0. The molecule has 3 heteroatoms. The summed E-state index contributed by atoms with van der Waals surface area (Å²) in [6.07, 6.45) is 4.83. The summed E-state index contributed by atoms with van der Waals surface area (Å²) in [6.45, 7) is 2.89. The summed E-state index contributed by atoms with van der Waals surface area (Å²) in [5.74, 6) is 0. The Morgan fingerprint density at radius 2 is 1.72 bits per heavy atom. The van der Waals surface area contributed by atoms with E-state index in [2.05, 4.69) is 36.5 Å². The Balaban J connectivity index is 2.35. The van der Waals surface area contributed by atoms with Crippen molar-refractivity contribution in [3.8, 4) is 0 Å². The lowest BCUT2D eigenvalue weighted by Gasteiger charge is -2.15. The van der Waals surface area contributed by atoms with E-state index in [0.29, 0.717) is 6.54 Å². The van der Waals surface area contributed by atoms with Gasteiger partial charge in [-0.3, -0.25) is 0 Å². The Morgan fingerprint density at radius 1 is 1.06 bits per heavy atom. The average Bonchev–Trinajstić information content (AvgIpc) is 2.42. The first-order chi connectivity index (χ1) is 8.80. The molecule has 0 bridgehead atoms. The van der Waals surface area contributed by atoms with Crippen LogP contribution in [-0.4, -0.2) is 27.1 Å². The van der Waals surface area contributed by atoms with Crippen LogP contribution >= 0.6 is 0 Å². The molecule has 0 aliphatic carbocycles. The van der Waals surface area contributed by atoms with Crippen LogP contribution in [0.15, 0.2) is 24.3 Å². The highest BCUT2D eigenvalue weighted by atomic mass is 16.7. The quantitative estimate of drug-likeness (QED) is 0.538. The molecule has 0 spiro atoms. The summed E-state index contributed by atoms with van der Waals surface area (Å²) < 4.78 is 10.3. The molecule has 102 valence electrons. The zero-order valence-corrected chi connectivity index (χ0v) is 11.7. The standard InChI is InChI=1S/C15H25NO2/c1-4-5-6-7-13-8-10-14(11-9-13)16-12-15(17-2)18-3/h8-11,15-16H,4-7,12H2,1-3H3. The molecule has 0 unspecified atom stereocenters. The highest BCUT2D eigenvalue weighted by molar-refractivity contribution is 5.44. The van der Waals surface area contributed by atoms with Crippen LogP contribution in [0.2, 0.25) is 0 Å². The van der Waals surface area contributed by atoms with E-state index in [1.54, 1.807) is 14.2 Å². The van der Waals surface area contributed by atoms with E-state index in [-0.39, 0.29) is 6.29 Å². The van der Waals surface area contributed by atoms with Crippen molar-refractivity contribution in [1.29, 1.82) is 0 Å². The lowest BCUT2D eigenvalue weighted by molar-refractivity contribution is -0.0914. The van der Waals surface area contributed by atoms with E-state index in [4.69, 9.17) is 9.47 Å². The second-order valence-corrected chi connectivity index (χ2v) is 4.44. The molecule has 0 aliphatic rings. The van der Waals surface area contributed by atoms with Crippen molar-refractivity contribution in [2.75, 3.05) is 26.1 Å². The molecule has 0 aromatic heterocycles. The molecule has 0 saturated carbocycles. The van der Waals surface area contributed by atoms with Crippen molar-refractivity contribution in [1.82, 2.24) is 0 Å². The fourth-order valence-corrected chi connectivity index (χ4v) is 1.83. The van der Waals surface area contributed by atoms with E-state index in [1.807, 2.05) is 0 Å². The predicted molar refractivity (Wildman–Crippen MR) is 76.0 cm³/mol. The largest absolute Gasteiger partial charge is 0.380 e. The fraction of sp³-hybridized carbons (Fsp3) is 0.600. The van der Waals surface area contributed by atoms with Gasteiger partial charge in [-0.25, -0.2) is 0 Å². The number of benzene rings is 1. The molecule has 1 aromatic carbocycles. The van der Waals surface area contributed by atoms with Gasteiger partial charge in [0.1, 0.15) is 0 Å². The number of hydrogen-bond donors (Lipinski definition) is 1. The van der Waals surface area contributed by atoms with Gasteiger partial charge in [0.2, 0.25) is 0 Å². The number of rotatable bonds is 9. The minimum atomic E-state index is -0.200. The summed E-state index contributed by atoms with van der Waals surface area (Å²) in [6, 6.07) is 8.60. The van der Waals surface area contributed by atoms with Gasteiger partial charge in [0.15, 0.2) is 6.29 Å². The van der Waals surface area contributed by atoms with E-state index >= 15 is 0 Å². The number of hydrogen-bond acceptors (Lipinski definition) is 3. The van der Waals surface area contributed by atoms with E-state index in [0.717, 1.165) is 5.69 Å². The minimum absolute atomic E-state index is 0.200. The molecule has 3 nitrogen and oxygen atoms in total. The third-order valence-corrected chi connectivity index (χ3v) is 3.02. The van der Waals surface area contributed by atoms with Crippen molar-refractivity contribution >= 4 is 5.69 Å². The van der Waals surface area contributed by atoms with Gasteiger partial charge < -0.3 is 14.8 Å². The van der Waals surface area contributed by atoms with Crippen molar-refractivity contribution in [3.05, 3.63) is 29.8 Å². The van der Waals surface area contributed by atoms with Gasteiger partial charge in [-0.05, 0) is 30.5 Å². The molecular weight excluding hydrogens is 226 g/mol. The summed E-state index contributed by atoms with van der Waals surface area (Å²) >= 11 is 0. The van der Waals surface area contributed by atoms with Gasteiger partial charge in [0.25, 0.3) is 0 Å². The Bertz CT molecular complexity index is 307. The maximum absolute atomic E-state index is 5.13. The van der Waals surface area contributed by atoms with Crippen LogP contribution in [0, 0.1) is 0 Å². The first-order valence-corrected chi connectivity index (χ1v) is 6.68. The summed E-state index contributed by atoms with van der Waals surface area (Å²) in [4.78, 5) is 0. The topological polar surface area (TPSA) is 30.5 Å². The van der Waals surface area contributed by atoms with Crippen molar-refractivity contribution in [2.45, 2.75) is 38.9 Å². The maximum Gasteiger partial charge on any atom is 0.173 e. The second-order valence-electron chi connectivity index (χ2n) is 4.44. The molecule has 0 amide bonds. The molecule has 0 atom stereocenters. The Labute approximate surface area is 110 Å². The number of nitrogens with one attached hydrogen (secondary N) is 1. The van der Waals surface area contributed by atoms with E-state index in [1.165, 1.54) is 31.2 Å². The van der Waals surface area contributed by atoms with Crippen LogP contribution in [0.4, 0.5) is 5.69 Å². The third kappa shape index (κ3) is 5.52. The Morgan fingerprint density at radius 3 is 2.28 bits per heavy atom. The summed E-state index contributed by atoms with van der Waals surface area (Å²) in [7, 11) is 3.29. The molecule has 0 saturated heterocycles. The highest BCUT2D eigenvalue weighted by Gasteiger charge is 2.03. The predicted octanol–water partition coefficient (Wildman–Crippen LogP) is 3.45. The van der Waals surface area contributed by atoms with Crippen molar-refractivity contribution in [3.63, 3.8) is 0 Å². The summed E-state index contributed by atoms with van der Waals surface area (Å²) in [5, 5.41) is 3.29. The molecule has 0 aliphatic heterocycles. The molecule has 0 fully saturated rings. The van der Waals surface area contributed by atoms with Crippen LogP contribution in [0.3, 0.4) is 0 Å². The normalized spacial score (nSPS) is 10.9. The van der Waals surface area contributed by atoms with Crippen LogP contribution in [0.25, 0.3) is 0 Å². The van der Waals surface area contributed by atoms with Crippen LogP contribution in [0.5, 0.6) is 0 Å². The van der Waals surface area contributed by atoms with Gasteiger partial charge in [-0.1, -0.05) is 31.9 Å². The van der Waals surface area contributed by atoms with E-state index in [9.17, 15) is 0 Å². The first-order valence-electron chi connectivity index (χ1n) is 6.68. The Kier molecular flexibility index (Phi) is 7.46. The van der Waals surface area contributed by atoms with Gasteiger partial charge in [-0.2, -0.15) is 0 Å². The SMILES string of the molecule is CCCCCc1ccc(NCC(OC)OC)cc1. The number of aryl methyl sites for hydroxylation is 1. The second kappa shape index (κ2) is 8.95. The highest BCUT2D eigenvalue weighted by Crippen LogP contribution is 2.12. The number of unbranched alkanes of at least 4 members (excludes halogenated alkanes) is 2. The summed E-state index contributed by atoms with van der Waals surface area (Å²) in [5.41, 5.74) is 2.51. The Hall–Kier alpha value is -1.06. The smallest absolute Gasteiger partial charge is 0.173 e. The molecule has 1 N–H and O–H groups in total. The van der Waals surface area contributed by atoms with Gasteiger partial charge in [0, 0.05) is 19.9 Å². The maximum atomic E-state index is 5.13. The van der Waals surface area contributed by atoms with Gasteiger partial charge >= 0.3 is 0 Å². The van der Waals surface area contributed by atoms with E-state index < -0.39 is 0 Å². The van der Waals surface area contributed by atoms with Crippen LogP contribution in [-0.2, 0) is 15.9 Å². The van der Waals surface area contributed by atoms with Crippen LogP contribution < -0.4 is 5.32 Å². The van der Waals surface area contributed by atoms with Gasteiger partial charge in [0.05, 0.1) is 6.54 Å². The zero-order chi connectivity index (χ0) is 13.2. The minimum Gasteiger partial charge on any atom is -0.380 e. The molecule has 0 radical (unpaired) electrons. The lowest BCUT2D eigenvalue weighted by Crippen LogP contribution is -2.23. The fourth-order valence-electron chi connectivity index (χ4n) is 1.83. The number of anilines is 1. The number of methoxy groups -OCH3 is 2. The van der Waals surface area contributed by atoms with Crippen molar-refractivity contribution < 1.29 is 9.47 Å². The zero-order valence-electron chi connectivity index (χ0n) is 11.7. The third-order valence-electron chi connectivity index (χ3n) is 3.02.